The van der Waals surface area contributed by atoms with E-state index >= 15 is 0 Å². The van der Waals surface area contributed by atoms with Gasteiger partial charge in [-0.1, -0.05) is 17.7 Å². The van der Waals surface area contributed by atoms with E-state index in [1.807, 2.05) is 39.0 Å². The molecule has 0 unspecified atom stereocenters. The molecule has 1 amide bonds. The van der Waals surface area contributed by atoms with E-state index in [0.29, 0.717) is 19.8 Å². The number of nitrogens with one attached hydrogen (secondary N) is 1. The molecule has 0 aliphatic heterocycles. The molecule has 112 valence electrons. The maximum Gasteiger partial charge on any atom is 0.260 e. The second kappa shape index (κ2) is 8.59. The lowest BCUT2D eigenvalue weighted by Crippen LogP contribution is -2.37. The van der Waals surface area contributed by atoms with Crippen molar-refractivity contribution >= 4 is 5.91 Å². The molecule has 0 aliphatic carbocycles. The number of aryl methyl sites for hydroxylation is 2. The van der Waals surface area contributed by atoms with Gasteiger partial charge in [-0.05, 0) is 45.7 Å². The second-order valence-electron chi connectivity index (χ2n) is 4.87. The second-order valence-corrected chi connectivity index (χ2v) is 4.87. The molecular formula is C16H25NO3. The fourth-order valence-corrected chi connectivity index (χ4v) is 1.85. The van der Waals surface area contributed by atoms with E-state index in [4.69, 9.17) is 9.47 Å². The maximum absolute atomic E-state index is 11.9. The molecule has 4 nitrogen and oxygen atoms in total. The van der Waals surface area contributed by atoms with Gasteiger partial charge in [0.1, 0.15) is 5.75 Å². The van der Waals surface area contributed by atoms with E-state index in [1.165, 1.54) is 5.56 Å². The average Bonchev–Trinajstić information content (AvgIpc) is 2.41. The highest BCUT2D eigenvalue weighted by Gasteiger charge is 2.14. The summed E-state index contributed by atoms with van der Waals surface area (Å²) in [7, 11) is 0. The number of rotatable bonds is 8. The minimum atomic E-state index is -0.497. The number of carbonyl (C=O) groups excluding carboxylic acids is 1. The van der Waals surface area contributed by atoms with Crippen LogP contribution in [0.5, 0.6) is 5.75 Å². The Balaban J connectivity index is 2.37. The molecule has 1 aromatic carbocycles. The van der Waals surface area contributed by atoms with E-state index in [9.17, 15) is 4.79 Å². The molecule has 1 atom stereocenters. The summed E-state index contributed by atoms with van der Waals surface area (Å²) in [5, 5.41) is 2.85. The van der Waals surface area contributed by atoms with Crippen molar-refractivity contribution in [2.45, 2.75) is 40.2 Å². The van der Waals surface area contributed by atoms with Crippen LogP contribution < -0.4 is 10.1 Å². The van der Waals surface area contributed by atoms with Gasteiger partial charge in [-0.15, -0.1) is 0 Å². The van der Waals surface area contributed by atoms with Crippen LogP contribution in [-0.2, 0) is 9.53 Å². The largest absolute Gasteiger partial charge is 0.481 e. The average molecular weight is 279 g/mol. The van der Waals surface area contributed by atoms with Crippen molar-refractivity contribution < 1.29 is 14.3 Å². The van der Waals surface area contributed by atoms with Gasteiger partial charge in [0, 0.05) is 19.8 Å². The molecular weight excluding hydrogens is 254 g/mol. The summed E-state index contributed by atoms with van der Waals surface area (Å²) in [6.07, 6.45) is 0.319. The van der Waals surface area contributed by atoms with E-state index in [2.05, 4.69) is 5.32 Å². The molecule has 1 rings (SSSR count). The van der Waals surface area contributed by atoms with Crippen LogP contribution in [0.3, 0.4) is 0 Å². The molecule has 20 heavy (non-hydrogen) atoms. The first-order chi connectivity index (χ1) is 9.54. The van der Waals surface area contributed by atoms with Gasteiger partial charge in [0.25, 0.3) is 5.91 Å². The van der Waals surface area contributed by atoms with Crippen LogP contribution in [0.2, 0.25) is 0 Å². The fourth-order valence-electron chi connectivity index (χ4n) is 1.85. The molecule has 4 heteroatoms. The Kier molecular flexibility index (Phi) is 7.09. The summed E-state index contributed by atoms with van der Waals surface area (Å²) in [4.78, 5) is 11.9. The van der Waals surface area contributed by atoms with Gasteiger partial charge in [0.05, 0.1) is 0 Å². The summed E-state index contributed by atoms with van der Waals surface area (Å²) in [5.41, 5.74) is 2.23. The molecule has 1 N–H and O–H groups in total. The van der Waals surface area contributed by atoms with E-state index in [-0.39, 0.29) is 5.91 Å². The number of hydrogen-bond donors (Lipinski definition) is 1. The van der Waals surface area contributed by atoms with Crippen LogP contribution in [0.1, 0.15) is 31.4 Å². The van der Waals surface area contributed by atoms with Crippen molar-refractivity contribution in [3.8, 4) is 5.75 Å². The zero-order chi connectivity index (χ0) is 15.0. The van der Waals surface area contributed by atoms with Crippen LogP contribution in [-0.4, -0.2) is 31.8 Å². The van der Waals surface area contributed by atoms with Crippen molar-refractivity contribution in [3.05, 3.63) is 29.3 Å². The Morgan fingerprint density at radius 3 is 2.75 bits per heavy atom. The zero-order valence-corrected chi connectivity index (χ0v) is 12.9. The van der Waals surface area contributed by atoms with E-state index in [0.717, 1.165) is 17.7 Å². The molecule has 0 saturated carbocycles. The van der Waals surface area contributed by atoms with Gasteiger partial charge in [-0.2, -0.15) is 0 Å². The minimum Gasteiger partial charge on any atom is -0.481 e. The molecule has 0 heterocycles. The van der Waals surface area contributed by atoms with Gasteiger partial charge < -0.3 is 14.8 Å². The van der Waals surface area contributed by atoms with Crippen LogP contribution in [0.15, 0.2) is 18.2 Å². The lowest BCUT2D eigenvalue weighted by molar-refractivity contribution is -0.127. The lowest BCUT2D eigenvalue weighted by atomic mass is 10.1. The summed E-state index contributed by atoms with van der Waals surface area (Å²) < 4.78 is 10.9. The van der Waals surface area contributed by atoms with Crippen molar-refractivity contribution in [2.24, 2.45) is 0 Å². The van der Waals surface area contributed by atoms with Gasteiger partial charge >= 0.3 is 0 Å². The first-order valence-corrected chi connectivity index (χ1v) is 7.14. The SMILES string of the molecule is CCOCCCNC(=O)[C@H](C)Oc1ccc(C)cc1C. The Morgan fingerprint density at radius 2 is 2.10 bits per heavy atom. The number of ether oxygens (including phenoxy) is 2. The van der Waals surface area contributed by atoms with Crippen molar-refractivity contribution in [2.75, 3.05) is 19.8 Å². The third-order valence-electron chi connectivity index (χ3n) is 2.97. The highest BCUT2D eigenvalue weighted by atomic mass is 16.5. The summed E-state index contributed by atoms with van der Waals surface area (Å²) in [6, 6.07) is 5.93. The zero-order valence-electron chi connectivity index (χ0n) is 12.9. The molecule has 0 spiro atoms. The van der Waals surface area contributed by atoms with Crippen molar-refractivity contribution in [1.29, 1.82) is 0 Å². The Bertz CT molecular complexity index is 432. The summed E-state index contributed by atoms with van der Waals surface area (Å²) >= 11 is 0. The first kappa shape index (κ1) is 16.5. The highest BCUT2D eigenvalue weighted by molar-refractivity contribution is 5.80. The van der Waals surface area contributed by atoms with E-state index in [1.54, 1.807) is 6.92 Å². The number of hydrogen-bond acceptors (Lipinski definition) is 3. The van der Waals surface area contributed by atoms with E-state index < -0.39 is 6.10 Å². The number of benzene rings is 1. The van der Waals surface area contributed by atoms with Gasteiger partial charge in [-0.3, -0.25) is 4.79 Å². The first-order valence-electron chi connectivity index (χ1n) is 7.14. The van der Waals surface area contributed by atoms with Crippen LogP contribution in [0.4, 0.5) is 0 Å². The molecule has 0 fully saturated rings. The molecule has 0 aliphatic rings. The normalized spacial score (nSPS) is 12.0. The fraction of sp³-hybridized carbons (Fsp3) is 0.562. The Morgan fingerprint density at radius 1 is 1.35 bits per heavy atom. The van der Waals surface area contributed by atoms with Gasteiger partial charge in [0.2, 0.25) is 0 Å². The number of amides is 1. The minimum absolute atomic E-state index is 0.0959. The predicted octanol–water partition coefficient (Wildman–Crippen LogP) is 2.61. The van der Waals surface area contributed by atoms with Crippen molar-refractivity contribution in [1.82, 2.24) is 5.32 Å². The van der Waals surface area contributed by atoms with Crippen LogP contribution >= 0.6 is 0 Å². The molecule has 0 aromatic heterocycles. The predicted molar refractivity (Wildman–Crippen MR) is 80.1 cm³/mol. The summed E-state index contributed by atoms with van der Waals surface area (Å²) in [5.74, 6) is 0.661. The monoisotopic (exact) mass is 279 g/mol. The Hall–Kier alpha value is -1.55. The highest BCUT2D eigenvalue weighted by Crippen LogP contribution is 2.19. The third kappa shape index (κ3) is 5.61. The standard InChI is InChI=1S/C16H25NO3/c1-5-19-10-6-9-17-16(18)14(4)20-15-8-7-12(2)11-13(15)3/h7-8,11,14H,5-6,9-10H2,1-4H3,(H,17,18)/t14-/m0/s1. The smallest absolute Gasteiger partial charge is 0.260 e. The molecule has 1 aromatic rings. The quantitative estimate of drug-likeness (QED) is 0.744. The van der Waals surface area contributed by atoms with Crippen molar-refractivity contribution in [3.63, 3.8) is 0 Å². The maximum atomic E-state index is 11.9. The van der Waals surface area contributed by atoms with Crippen LogP contribution in [0.25, 0.3) is 0 Å². The Labute approximate surface area is 121 Å². The third-order valence-corrected chi connectivity index (χ3v) is 2.97. The topological polar surface area (TPSA) is 47.6 Å². The molecule has 0 saturated heterocycles. The summed E-state index contributed by atoms with van der Waals surface area (Å²) in [6.45, 7) is 9.72. The van der Waals surface area contributed by atoms with Gasteiger partial charge in [-0.25, -0.2) is 0 Å². The lowest BCUT2D eigenvalue weighted by Gasteiger charge is -2.16. The number of carbonyl (C=O) groups is 1. The molecule has 0 radical (unpaired) electrons. The van der Waals surface area contributed by atoms with Gasteiger partial charge in [0.15, 0.2) is 6.10 Å². The molecule has 0 bridgehead atoms. The van der Waals surface area contributed by atoms with Crippen LogP contribution in [0, 0.1) is 13.8 Å².